The zero-order valence-electron chi connectivity index (χ0n) is 10.2. The highest BCUT2D eigenvalue weighted by Gasteiger charge is 2.21. The Morgan fingerprint density at radius 2 is 2.12 bits per heavy atom. The fourth-order valence-corrected chi connectivity index (χ4v) is 2.69. The standard InChI is InChI=1S/C13H23N3/c1-2-11-3-5-13(6-4-11)16-10-12(7-8-14)9-15-16/h9-11,13H,2-8,14H2,1H3. The first-order valence-corrected chi connectivity index (χ1v) is 6.56. The van der Waals surface area contributed by atoms with Gasteiger partial charge in [-0.2, -0.15) is 5.10 Å². The molecule has 3 heteroatoms. The number of rotatable bonds is 4. The van der Waals surface area contributed by atoms with E-state index in [9.17, 15) is 0 Å². The third kappa shape index (κ3) is 2.64. The third-order valence-electron chi connectivity index (χ3n) is 3.86. The second kappa shape index (κ2) is 5.48. The molecule has 16 heavy (non-hydrogen) atoms. The summed E-state index contributed by atoms with van der Waals surface area (Å²) in [7, 11) is 0. The first-order valence-electron chi connectivity index (χ1n) is 6.56. The van der Waals surface area contributed by atoms with Crippen LogP contribution in [0.4, 0.5) is 0 Å². The van der Waals surface area contributed by atoms with Crippen molar-refractivity contribution >= 4 is 0 Å². The Labute approximate surface area is 98.0 Å². The van der Waals surface area contributed by atoms with Crippen molar-refractivity contribution in [2.24, 2.45) is 11.7 Å². The average Bonchev–Trinajstić information content (AvgIpc) is 2.78. The first-order chi connectivity index (χ1) is 7.83. The van der Waals surface area contributed by atoms with E-state index in [1.165, 1.54) is 37.7 Å². The summed E-state index contributed by atoms with van der Waals surface area (Å²) in [5.74, 6) is 0.954. The Balaban J connectivity index is 1.92. The molecule has 1 aliphatic carbocycles. The van der Waals surface area contributed by atoms with E-state index in [1.54, 1.807) is 0 Å². The Morgan fingerprint density at radius 3 is 2.75 bits per heavy atom. The fourth-order valence-electron chi connectivity index (χ4n) is 2.69. The minimum absolute atomic E-state index is 0.634. The summed E-state index contributed by atoms with van der Waals surface area (Å²) in [6.07, 6.45) is 11.8. The van der Waals surface area contributed by atoms with Gasteiger partial charge in [-0.05, 0) is 50.1 Å². The molecule has 0 aliphatic heterocycles. The van der Waals surface area contributed by atoms with Crippen molar-refractivity contribution in [3.63, 3.8) is 0 Å². The zero-order chi connectivity index (χ0) is 11.4. The Kier molecular flexibility index (Phi) is 3.99. The van der Waals surface area contributed by atoms with Crippen molar-refractivity contribution in [3.8, 4) is 0 Å². The van der Waals surface area contributed by atoms with Crippen LogP contribution < -0.4 is 5.73 Å². The molecule has 90 valence electrons. The molecule has 2 N–H and O–H groups in total. The van der Waals surface area contributed by atoms with Gasteiger partial charge in [0, 0.05) is 6.20 Å². The van der Waals surface area contributed by atoms with Gasteiger partial charge in [0.2, 0.25) is 0 Å². The predicted octanol–water partition coefficient (Wildman–Crippen LogP) is 2.53. The minimum atomic E-state index is 0.634. The molecular weight excluding hydrogens is 198 g/mol. The van der Waals surface area contributed by atoms with Gasteiger partial charge in [0.1, 0.15) is 0 Å². The Hall–Kier alpha value is -0.830. The van der Waals surface area contributed by atoms with E-state index in [0.29, 0.717) is 12.6 Å². The lowest BCUT2D eigenvalue weighted by Crippen LogP contribution is -2.18. The van der Waals surface area contributed by atoms with E-state index in [1.807, 2.05) is 6.20 Å². The van der Waals surface area contributed by atoms with Gasteiger partial charge in [-0.25, -0.2) is 0 Å². The van der Waals surface area contributed by atoms with Gasteiger partial charge in [0.15, 0.2) is 0 Å². The summed E-state index contributed by atoms with van der Waals surface area (Å²) in [6.45, 7) is 3.02. The molecule has 0 saturated heterocycles. The van der Waals surface area contributed by atoms with Crippen LogP contribution in [0.2, 0.25) is 0 Å². The van der Waals surface area contributed by atoms with Crippen molar-refractivity contribution in [2.75, 3.05) is 6.54 Å². The molecule has 1 saturated carbocycles. The van der Waals surface area contributed by atoms with Crippen LogP contribution in [0.1, 0.15) is 50.6 Å². The quantitative estimate of drug-likeness (QED) is 0.849. The van der Waals surface area contributed by atoms with Gasteiger partial charge < -0.3 is 5.73 Å². The number of hydrogen-bond acceptors (Lipinski definition) is 2. The topological polar surface area (TPSA) is 43.8 Å². The number of nitrogens with zero attached hydrogens (tertiary/aromatic N) is 2. The van der Waals surface area contributed by atoms with Crippen LogP contribution in [0.25, 0.3) is 0 Å². The van der Waals surface area contributed by atoms with Crippen LogP contribution in [-0.2, 0) is 6.42 Å². The smallest absolute Gasteiger partial charge is 0.0522 e. The van der Waals surface area contributed by atoms with Crippen LogP contribution in [-0.4, -0.2) is 16.3 Å². The lowest BCUT2D eigenvalue weighted by atomic mass is 9.85. The monoisotopic (exact) mass is 221 g/mol. The Morgan fingerprint density at radius 1 is 1.38 bits per heavy atom. The number of hydrogen-bond donors (Lipinski definition) is 1. The molecule has 0 bridgehead atoms. The number of aromatic nitrogens is 2. The largest absolute Gasteiger partial charge is 0.330 e. The average molecular weight is 221 g/mol. The van der Waals surface area contributed by atoms with Gasteiger partial charge in [-0.1, -0.05) is 13.3 Å². The summed E-state index contributed by atoms with van der Waals surface area (Å²) >= 11 is 0. The molecule has 0 spiro atoms. The molecule has 3 nitrogen and oxygen atoms in total. The Bertz CT molecular complexity index is 311. The molecule has 0 atom stereocenters. The van der Waals surface area contributed by atoms with Crippen molar-refractivity contribution in [1.29, 1.82) is 0 Å². The molecule has 1 aromatic rings. The van der Waals surface area contributed by atoms with Crippen LogP contribution in [0.5, 0.6) is 0 Å². The maximum absolute atomic E-state index is 5.55. The van der Waals surface area contributed by atoms with Gasteiger partial charge in [0.25, 0.3) is 0 Å². The zero-order valence-corrected chi connectivity index (χ0v) is 10.2. The molecule has 2 rings (SSSR count). The van der Waals surface area contributed by atoms with Crippen molar-refractivity contribution in [2.45, 2.75) is 51.5 Å². The number of nitrogens with two attached hydrogens (primary N) is 1. The van der Waals surface area contributed by atoms with Gasteiger partial charge in [-0.15, -0.1) is 0 Å². The molecule has 1 aliphatic rings. The molecule has 1 fully saturated rings. The molecule has 0 amide bonds. The van der Waals surface area contributed by atoms with E-state index in [4.69, 9.17) is 5.73 Å². The highest BCUT2D eigenvalue weighted by Crippen LogP contribution is 2.33. The second-order valence-corrected chi connectivity index (χ2v) is 4.95. The van der Waals surface area contributed by atoms with Crippen LogP contribution >= 0.6 is 0 Å². The van der Waals surface area contributed by atoms with Gasteiger partial charge in [0.05, 0.1) is 12.2 Å². The second-order valence-electron chi connectivity index (χ2n) is 4.95. The van der Waals surface area contributed by atoms with Gasteiger partial charge in [-0.3, -0.25) is 4.68 Å². The minimum Gasteiger partial charge on any atom is -0.330 e. The van der Waals surface area contributed by atoms with E-state index >= 15 is 0 Å². The molecular formula is C13H23N3. The van der Waals surface area contributed by atoms with Crippen molar-refractivity contribution in [3.05, 3.63) is 18.0 Å². The molecule has 1 aromatic heterocycles. The summed E-state index contributed by atoms with van der Waals surface area (Å²) in [5.41, 5.74) is 6.83. The summed E-state index contributed by atoms with van der Waals surface area (Å²) < 4.78 is 2.16. The van der Waals surface area contributed by atoms with E-state index in [2.05, 4.69) is 22.9 Å². The fraction of sp³-hybridized carbons (Fsp3) is 0.769. The van der Waals surface area contributed by atoms with Crippen molar-refractivity contribution in [1.82, 2.24) is 9.78 Å². The van der Waals surface area contributed by atoms with Crippen LogP contribution in [0.3, 0.4) is 0 Å². The maximum atomic E-state index is 5.55. The predicted molar refractivity (Wildman–Crippen MR) is 66.3 cm³/mol. The maximum Gasteiger partial charge on any atom is 0.0522 e. The van der Waals surface area contributed by atoms with Crippen LogP contribution in [0, 0.1) is 5.92 Å². The third-order valence-corrected chi connectivity index (χ3v) is 3.86. The normalized spacial score (nSPS) is 25.9. The highest BCUT2D eigenvalue weighted by molar-refractivity contribution is 5.05. The summed E-state index contributed by atoms with van der Waals surface area (Å²) in [4.78, 5) is 0. The molecule has 0 radical (unpaired) electrons. The molecule has 0 aromatic carbocycles. The molecule has 0 unspecified atom stereocenters. The lowest BCUT2D eigenvalue weighted by molar-refractivity contribution is 0.256. The van der Waals surface area contributed by atoms with Gasteiger partial charge >= 0.3 is 0 Å². The summed E-state index contributed by atoms with van der Waals surface area (Å²) in [5, 5.41) is 4.47. The summed E-state index contributed by atoms with van der Waals surface area (Å²) in [6, 6.07) is 0.634. The van der Waals surface area contributed by atoms with E-state index in [-0.39, 0.29) is 0 Å². The first kappa shape index (κ1) is 11.6. The van der Waals surface area contributed by atoms with E-state index in [0.717, 1.165) is 12.3 Å². The highest BCUT2D eigenvalue weighted by atomic mass is 15.3. The van der Waals surface area contributed by atoms with Crippen molar-refractivity contribution < 1.29 is 0 Å². The molecule has 1 heterocycles. The lowest BCUT2D eigenvalue weighted by Gasteiger charge is -2.27. The van der Waals surface area contributed by atoms with Crippen LogP contribution in [0.15, 0.2) is 12.4 Å². The van der Waals surface area contributed by atoms with E-state index < -0.39 is 0 Å². The SMILES string of the molecule is CCC1CCC(n2cc(CCN)cn2)CC1.